The number of benzene rings is 1. The third kappa shape index (κ3) is 3.64. The Balaban J connectivity index is 2.12. The maximum Gasteiger partial charge on any atom is 0.176 e. The monoisotopic (exact) mass is 254 g/mol. The zero-order chi connectivity index (χ0) is 13.5. The molecule has 3 N–H and O–H groups in total. The van der Waals surface area contributed by atoms with Crippen LogP contribution in [0.5, 0.6) is 0 Å². The highest BCUT2D eigenvalue weighted by atomic mass is 15.3. The van der Waals surface area contributed by atoms with Crippen molar-refractivity contribution in [2.75, 3.05) is 0 Å². The summed E-state index contributed by atoms with van der Waals surface area (Å²) in [5.41, 5.74) is 5.94. The summed E-state index contributed by atoms with van der Waals surface area (Å²) in [5, 5.41) is 7.22. The van der Waals surface area contributed by atoms with Crippen molar-refractivity contribution < 1.29 is 4.57 Å². The molecule has 1 heterocycles. The minimum absolute atomic E-state index is 1.00. The van der Waals surface area contributed by atoms with Crippen LogP contribution in [0.4, 0.5) is 0 Å². The van der Waals surface area contributed by atoms with E-state index in [-0.39, 0.29) is 0 Å². The van der Waals surface area contributed by atoms with Crippen LogP contribution in [0.3, 0.4) is 0 Å². The predicted molar refractivity (Wildman–Crippen MR) is 76.5 cm³/mol. The van der Waals surface area contributed by atoms with E-state index < -0.39 is 0 Å². The number of pyridine rings is 1. The van der Waals surface area contributed by atoms with Gasteiger partial charge in [-0.2, -0.15) is 10.2 Å². The largest absolute Gasteiger partial charge is 0.322 e. The first-order chi connectivity index (χ1) is 9.29. The molecule has 5 nitrogen and oxygen atoms in total. The van der Waals surface area contributed by atoms with Gasteiger partial charge in [0.1, 0.15) is 13.4 Å². The molecule has 0 bridgehead atoms. The molecule has 0 saturated heterocycles. The van der Waals surface area contributed by atoms with Crippen molar-refractivity contribution in [1.82, 2.24) is 5.43 Å². The van der Waals surface area contributed by atoms with Crippen molar-refractivity contribution in [1.29, 1.82) is 0 Å². The summed E-state index contributed by atoms with van der Waals surface area (Å²) in [7, 11) is 2.01. The lowest BCUT2D eigenvalue weighted by atomic mass is 10.1. The number of nitrogens with one attached hydrogen (secondary N) is 1. The van der Waals surface area contributed by atoms with E-state index in [4.69, 9.17) is 5.84 Å². The van der Waals surface area contributed by atoms with E-state index in [9.17, 15) is 0 Å². The molecular formula is C14H16N5+. The van der Waals surface area contributed by atoms with Crippen molar-refractivity contribution in [3.8, 4) is 11.1 Å². The van der Waals surface area contributed by atoms with Crippen LogP contribution in [0.1, 0.15) is 5.56 Å². The Morgan fingerprint density at radius 3 is 2.63 bits per heavy atom. The van der Waals surface area contributed by atoms with Crippen molar-refractivity contribution in [2.45, 2.75) is 0 Å². The van der Waals surface area contributed by atoms with Crippen molar-refractivity contribution in [2.24, 2.45) is 23.1 Å². The van der Waals surface area contributed by atoms with Crippen LogP contribution < -0.4 is 15.8 Å². The normalized spacial score (nSPS) is 11.2. The molecule has 0 radical (unpaired) electrons. The fourth-order valence-corrected chi connectivity index (χ4v) is 1.70. The zero-order valence-electron chi connectivity index (χ0n) is 10.7. The van der Waals surface area contributed by atoms with E-state index in [1.807, 2.05) is 36.0 Å². The second-order valence-electron chi connectivity index (χ2n) is 4.05. The molecule has 1 aromatic heterocycles. The number of rotatable bonds is 4. The van der Waals surface area contributed by atoms with Gasteiger partial charge in [-0.1, -0.05) is 24.3 Å². The highest BCUT2D eigenvalue weighted by Crippen LogP contribution is 2.17. The molecule has 0 aliphatic carbocycles. The Labute approximate surface area is 112 Å². The SMILES string of the molecule is C[n+]1cccc(-c2ccc(/C=N\NC=NN)cc2)c1. The number of hydrogen-bond donors (Lipinski definition) is 2. The fourth-order valence-electron chi connectivity index (χ4n) is 1.70. The summed E-state index contributed by atoms with van der Waals surface area (Å²) >= 11 is 0. The first-order valence-electron chi connectivity index (χ1n) is 5.85. The topological polar surface area (TPSA) is 66.6 Å². The quantitative estimate of drug-likeness (QED) is 0.281. The van der Waals surface area contributed by atoms with Gasteiger partial charge in [0.2, 0.25) is 0 Å². The number of aromatic nitrogens is 1. The Kier molecular flexibility index (Phi) is 4.23. The van der Waals surface area contributed by atoms with Gasteiger partial charge in [0.25, 0.3) is 0 Å². The summed E-state index contributed by atoms with van der Waals surface area (Å²) in [4.78, 5) is 0. The van der Waals surface area contributed by atoms with Crippen LogP contribution in [0.2, 0.25) is 0 Å². The first-order valence-corrected chi connectivity index (χ1v) is 5.85. The zero-order valence-corrected chi connectivity index (χ0v) is 10.7. The Morgan fingerprint density at radius 2 is 1.95 bits per heavy atom. The highest BCUT2D eigenvalue weighted by molar-refractivity contribution is 5.81. The minimum Gasteiger partial charge on any atom is -0.322 e. The molecule has 19 heavy (non-hydrogen) atoms. The third-order valence-electron chi connectivity index (χ3n) is 2.60. The molecule has 0 unspecified atom stereocenters. The van der Waals surface area contributed by atoms with Crippen molar-refractivity contribution >= 4 is 12.6 Å². The van der Waals surface area contributed by atoms with E-state index in [1.165, 1.54) is 17.5 Å². The smallest absolute Gasteiger partial charge is 0.176 e. The molecule has 0 amide bonds. The Hall–Kier alpha value is -2.69. The number of aryl methyl sites for hydroxylation is 1. The average Bonchev–Trinajstić information content (AvgIpc) is 2.44. The summed E-state index contributed by atoms with van der Waals surface area (Å²) in [5.74, 6) is 4.94. The summed E-state index contributed by atoms with van der Waals surface area (Å²) in [6.45, 7) is 0. The van der Waals surface area contributed by atoms with Gasteiger partial charge in [0.05, 0.1) is 6.21 Å². The summed E-state index contributed by atoms with van der Waals surface area (Å²) in [6, 6.07) is 12.3. The van der Waals surface area contributed by atoms with Gasteiger partial charge < -0.3 is 5.84 Å². The maximum atomic E-state index is 4.94. The molecule has 2 rings (SSSR count). The average molecular weight is 254 g/mol. The van der Waals surface area contributed by atoms with Gasteiger partial charge in [-0.25, -0.2) is 4.57 Å². The van der Waals surface area contributed by atoms with Crippen molar-refractivity contribution in [3.63, 3.8) is 0 Å². The molecule has 5 heteroatoms. The number of hydrazone groups is 2. The van der Waals surface area contributed by atoms with Gasteiger partial charge in [-0.3, -0.25) is 5.43 Å². The van der Waals surface area contributed by atoms with E-state index in [2.05, 4.69) is 40.0 Å². The van der Waals surface area contributed by atoms with Gasteiger partial charge in [0.15, 0.2) is 12.4 Å². The molecule has 0 atom stereocenters. The van der Waals surface area contributed by atoms with Gasteiger partial charge in [0, 0.05) is 11.6 Å². The predicted octanol–water partition coefficient (Wildman–Crippen LogP) is 1.00. The van der Waals surface area contributed by atoms with Crippen LogP contribution in [0.25, 0.3) is 11.1 Å². The van der Waals surface area contributed by atoms with Gasteiger partial charge in [-0.15, -0.1) is 0 Å². The first kappa shape index (κ1) is 12.8. The van der Waals surface area contributed by atoms with E-state index >= 15 is 0 Å². The molecular weight excluding hydrogens is 238 g/mol. The molecule has 0 saturated carbocycles. The third-order valence-corrected chi connectivity index (χ3v) is 2.60. The van der Waals surface area contributed by atoms with E-state index in [0.29, 0.717) is 0 Å². The van der Waals surface area contributed by atoms with Crippen LogP contribution in [-0.4, -0.2) is 12.6 Å². The lowest BCUT2D eigenvalue weighted by Crippen LogP contribution is -2.26. The highest BCUT2D eigenvalue weighted by Gasteiger charge is 2.01. The van der Waals surface area contributed by atoms with Crippen LogP contribution in [0, 0.1) is 0 Å². The Morgan fingerprint density at radius 1 is 1.16 bits per heavy atom. The minimum atomic E-state index is 1.00. The second kappa shape index (κ2) is 6.30. The number of nitrogens with zero attached hydrogens (tertiary/aromatic N) is 3. The molecule has 2 aromatic rings. The van der Waals surface area contributed by atoms with Crippen molar-refractivity contribution in [3.05, 3.63) is 54.4 Å². The molecule has 0 aliphatic rings. The summed E-state index contributed by atoms with van der Waals surface area (Å²) in [6.07, 6.45) is 7.11. The second-order valence-corrected chi connectivity index (χ2v) is 4.05. The molecule has 96 valence electrons. The van der Waals surface area contributed by atoms with Crippen LogP contribution in [-0.2, 0) is 7.05 Å². The van der Waals surface area contributed by atoms with Gasteiger partial charge in [-0.05, 0) is 17.2 Å². The molecule has 0 fully saturated rings. The lowest BCUT2D eigenvalue weighted by Gasteiger charge is -2.00. The van der Waals surface area contributed by atoms with Crippen LogP contribution in [0.15, 0.2) is 59.0 Å². The number of nitrogens with two attached hydrogens (primary N) is 1. The van der Waals surface area contributed by atoms with E-state index in [0.717, 1.165) is 5.56 Å². The molecule has 1 aromatic carbocycles. The Bertz CT molecular complexity index is 587. The van der Waals surface area contributed by atoms with Crippen LogP contribution >= 0.6 is 0 Å². The molecule has 0 spiro atoms. The molecule has 0 aliphatic heterocycles. The lowest BCUT2D eigenvalue weighted by molar-refractivity contribution is -0.671. The fraction of sp³-hybridized carbons (Fsp3) is 0.0714. The number of hydrogen-bond acceptors (Lipinski definition) is 3. The standard InChI is InChI=1S/C14H16N5/c1-19-8-2-3-14(10-19)13-6-4-12(5-7-13)9-17-18-11-16-15/h2-11H,15H2,1H3,(H,16,18)/q+1/b17-9-. The summed E-state index contributed by atoms with van der Waals surface area (Å²) < 4.78 is 2.03. The van der Waals surface area contributed by atoms with Gasteiger partial charge >= 0.3 is 0 Å². The maximum absolute atomic E-state index is 4.94. The van der Waals surface area contributed by atoms with E-state index in [1.54, 1.807) is 6.21 Å².